The van der Waals surface area contributed by atoms with E-state index in [1.54, 1.807) is 18.1 Å². The number of rotatable bonds is 8. The lowest BCUT2D eigenvalue weighted by molar-refractivity contribution is 0.253. The van der Waals surface area contributed by atoms with Crippen LogP contribution in [0.2, 0.25) is 0 Å². The molecular weight excluding hydrogens is 342 g/mol. The molecule has 6 nitrogen and oxygen atoms in total. The maximum atomic E-state index is 11.8. The van der Waals surface area contributed by atoms with Gasteiger partial charge in [-0.2, -0.15) is 0 Å². The molecule has 0 bridgehead atoms. The Morgan fingerprint density at radius 1 is 1.19 bits per heavy atom. The number of hydrogen-bond acceptors (Lipinski definition) is 4. The number of urea groups is 1. The monoisotopic (exact) mass is 369 g/mol. The lowest BCUT2D eigenvalue weighted by Crippen LogP contribution is -2.36. The first-order valence-corrected chi connectivity index (χ1v) is 9.42. The Morgan fingerprint density at radius 3 is 2.78 bits per heavy atom. The van der Waals surface area contributed by atoms with E-state index < -0.39 is 6.03 Å². The molecule has 0 spiro atoms. The van der Waals surface area contributed by atoms with Gasteiger partial charge in [0, 0.05) is 30.5 Å². The maximum absolute atomic E-state index is 11.8. The molecule has 1 heterocycles. The minimum atomic E-state index is -0.465. The molecule has 0 saturated heterocycles. The first kappa shape index (κ1) is 18.9. The molecule has 0 aliphatic carbocycles. The standard InChI is InChI=1S/C21H27N3O3/c1-3-4-5-12-24(21(22)25)16-6-9-19(20(14-16)26-2)27-17-7-8-18-15(13-17)10-11-23-18/h6-9,13-14,23H,3-5,10-12H2,1-2H3,(H2,22,25). The number of methoxy groups -OCH3 is 1. The summed E-state index contributed by atoms with van der Waals surface area (Å²) in [6.45, 7) is 3.67. The highest BCUT2D eigenvalue weighted by Crippen LogP contribution is 2.36. The van der Waals surface area contributed by atoms with Crippen LogP contribution in [0.4, 0.5) is 16.2 Å². The number of fused-ring (bicyclic) bond motifs is 1. The molecule has 0 aromatic heterocycles. The predicted molar refractivity (Wildman–Crippen MR) is 108 cm³/mol. The number of primary amides is 1. The van der Waals surface area contributed by atoms with Gasteiger partial charge in [0.1, 0.15) is 5.75 Å². The van der Waals surface area contributed by atoms with Crippen LogP contribution in [0.15, 0.2) is 36.4 Å². The van der Waals surface area contributed by atoms with Crippen LogP contribution in [0.25, 0.3) is 0 Å². The third-order valence-electron chi connectivity index (χ3n) is 4.72. The van der Waals surface area contributed by atoms with Gasteiger partial charge in [0.15, 0.2) is 11.5 Å². The van der Waals surface area contributed by atoms with E-state index in [2.05, 4.69) is 12.2 Å². The van der Waals surface area contributed by atoms with E-state index >= 15 is 0 Å². The summed E-state index contributed by atoms with van der Waals surface area (Å²) >= 11 is 0. The number of anilines is 2. The number of nitrogens with two attached hydrogens (primary N) is 1. The molecule has 0 fully saturated rings. The second-order valence-electron chi connectivity index (χ2n) is 6.63. The largest absolute Gasteiger partial charge is 0.493 e. The molecule has 144 valence electrons. The number of nitrogens with zero attached hydrogens (tertiary/aromatic N) is 1. The number of benzene rings is 2. The molecule has 1 aliphatic rings. The second-order valence-corrected chi connectivity index (χ2v) is 6.63. The van der Waals surface area contributed by atoms with Crippen molar-refractivity contribution < 1.29 is 14.3 Å². The van der Waals surface area contributed by atoms with E-state index in [0.29, 0.717) is 23.7 Å². The summed E-state index contributed by atoms with van der Waals surface area (Å²) in [5.74, 6) is 1.93. The van der Waals surface area contributed by atoms with Crippen molar-refractivity contribution in [2.75, 3.05) is 30.4 Å². The average molecular weight is 369 g/mol. The number of unbranched alkanes of at least 4 members (excludes halogenated alkanes) is 2. The third kappa shape index (κ3) is 4.45. The second kappa shape index (κ2) is 8.66. The highest BCUT2D eigenvalue weighted by molar-refractivity contribution is 5.91. The van der Waals surface area contributed by atoms with Crippen LogP contribution in [0.1, 0.15) is 31.7 Å². The van der Waals surface area contributed by atoms with Gasteiger partial charge in [0.2, 0.25) is 0 Å². The highest BCUT2D eigenvalue weighted by Gasteiger charge is 2.16. The summed E-state index contributed by atoms with van der Waals surface area (Å²) in [6.07, 6.45) is 4.03. The number of carbonyl (C=O) groups excluding carboxylic acids is 1. The van der Waals surface area contributed by atoms with Crippen molar-refractivity contribution in [3.05, 3.63) is 42.0 Å². The SMILES string of the molecule is CCCCCN(C(N)=O)c1ccc(Oc2ccc3c(c2)CCN3)c(OC)c1. The third-order valence-corrected chi connectivity index (χ3v) is 4.72. The fourth-order valence-electron chi connectivity index (χ4n) is 3.27. The number of amides is 2. The van der Waals surface area contributed by atoms with Gasteiger partial charge >= 0.3 is 6.03 Å². The van der Waals surface area contributed by atoms with Gasteiger partial charge in [-0.05, 0) is 48.7 Å². The Balaban J connectivity index is 1.80. The minimum Gasteiger partial charge on any atom is -0.493 e. The quantitative estimate of drug-likeness (QED) is 0.670. The van der Waals surface area contributed by atoms with E-state index in [1.165, 1.54) is 5.56 Å². The van der Waals surface area contributed by atoms with E-state index in [4.69, 9.17) is 15.2 Å². The molecule has 2 aromatic rings. The number of hydrogen-bond donors (Lipinski definition) is 2. The molecule has 0 saturated carbocycles. The summed E-state index contributed by atoms with van der Waals surface area (Å²) in [7, 11) is 1.59. The molecule has 27 heavy (non-hydrogen) atoms. The fraction of sp³-hybridized carbons (Fsp3) is 0.381. The highest BCUT2D eigenvalue weighted by atomic mass is 16.5. The van der Waals surface area contributed by atoms with Crippen molar-refractivity contribution in [2.24, 2.45) is 5.73 Å². The van der Waals surface area contributed by atoms with Crippen LogP contribution < -0.4 is 25.4 Å². The lowest BCUT2D eigenvalue weighted by Gasteiger charge is -2.22. The van der Waals surface area contributed by atoms with Gasteiger partial charge in [-0.25, -0.2) is 4.79 Å². The summed E-state index contributed by atoms with van der Waals surface area (Å²) in [5.41, 5.74) is 8.68. The summed E-state index contributed by atoms with van der Waals surface area (Å²) in [6, 6.07) is 11.0. The number of nitrogens with one attached hydrogen (secondary N) is 1. The predicted octanol–water partition coefficient (Wildman–Crippen LogP) is 4.53. The van der Waals surface area contributed by atoms with Gasteiger partial charge in [-0.1, -0.05) is 19.8 Å². The van der Waals surface area contributed by atoms with E-state index in [0.717, 1.165) is 43.7 Å². The normalized spacial score (nSPS) is 12.2. The Morgan fingerprint density at radius 2 is 2.04 bits per heavy atom. The van der Waals surface area contributed by atoms with Crippen LogP contribution in [0.5, 0.6) is 17.2 Å². The van der Waals surface area contributed by atoms with Gasteiger partial charge in [0.05, 0.1) is 7.11 Å². The topological polar surface area (TPSA) is 76.8 Å². The lowest BCUT2D eigenvalue weighted by atomic mass is 10.1. The fourth-order valence-corrected chi connectivity index (χ4v) is 3.27. The van der Waals surface area contributed by atoms with Crippen molar-refractivity contribution >= 4 is 17.4 Å². The van der Waals surface area contributed by atoms with Gasteiger partial charge < -0.3 is 20.5 Å². The van der Waals surface area contributed by atoms with Gasteiger partial charge in [-0.15, -0.1) is 0 Å². The Kier molecular flexibility index (Phi) is 6.06. The van der Waals surface area contributed by atoms with Gasteiger partial charge in [-0.3, -0.25) is 4.90 Å². The molecule has 6 heteroatoms. The Labute approximate surface area is 160 Å². The zero-order valence-electron chi connectivity index (χ0n) is 16.0. The molecular formula is C21H27N3O3. The molecule has 2 amide bonds. The van der Waals surface area contributed by atoms with Crippen molar-refractivity contribution in [1.82, 2.24) is 0 Å². The van der Waals surface area contributed by atoms with Crippen molar-refractivity contribution in [2.45, 2.75) is 32.6 Å². The molecule has 3 N–H and O–H groups in total. The minimum absolute atomic E-state index is 0.465. The van der Waals surface area contributed by atoms with Crippen molar-refractivity contribution in [3.63, 3.8) is 0 Å². The van der Waals surface area contributed by atoms with Crippen molar-refractivity contribution in [1.29, 1.82) is 0 Å². The van der Waals surface area contributed by atoms with Crippen LogP contribution in [0.3, 0.4) is 0 Å². The van der Waals surface area contributed by atoms with Gasteiger partial charge in [0.25, 0.3) is 0 Å². The summed E-state index contributed by atoms with van der Waals surface area (Å²) in [5, 5.41) is 3.34. The Bertz CT molecular complexity index is 807. The molecule has 3 rings (SSSR count). The Hall–Kier alpha value is -2.89. The van der Waals surface area contributed by atoms with E-state index in [-0.39, 0.29) is 0 Å². The van der Waals surface area contributed by atoms with Crippen LogP contribution >= 0.6 is 0 Å². The zero-order valence-corrected chi connectivity index (χ0v) is 16.0. The first-order chi connectivity index (χ1) is 13.1. The molecule has 1 aliphatic heterocycles. The van der Waals surface area contributed by atoms with Crippen LogP contribution in [-0.2, 0) is 6.42 Å². The van der Waals surface area contributed by atoms with E-state index in [1.807, 2.05) is 30.3 Å². The van der Waals surface area contributed by atoms with Crippen LogP contribution in [-0.4, -0.2) is 26.2 Å². The average Bonchev–Trinajstić information content (AvgIpc) is 3.13. The smallest absolute Gasteiger partial charge is 0.319 e. The van der Waals surface area contributed by atoms with Crippen LogP contribution in [0, 0.1) is 0 Å². The molecule has 0 atom stereocenters. The van der Waals surface area contributed by atoms with Crippen molar-refractivity contribution in [3.8, 4) is 17.2 Å². The molecule has 0 radical (unpaired) electrons. The first-order valence-electron chi connectivity index (χ1n) is 9.42. The zero-order chi connectivity index (χ0) is 19.2. The molecule has 0 unspecified atom stereocenters. The summed E-state index contributed by atoms with van der Waals surface area (Å²) < 4.78 is 11.5. The summed E-state index contributed by atoms with van der Waals surface area (Å²) in [4.78, 5) is 13.4. The molecule has 2 aromatic carbocycles. The number of carbonyl (C=O) groups is 1. The van der Waals surface area contributed by atoms with E-state index in [9.17, 15) is 4.79 Å². The maximum Gasteiger partial charge on any atom is 0.319 e. The number of ether oxygens (including phenoxy) is 2.